The molecule has 0 saturated carbocycles. The highest BCUT2D eigenvalue weighted by molar-refractivity contribution is 7.98. The summed E-state index contributed by atoms with van der Waals surface area (Å²) in [6.45, 7) is 3.80. The van der Waals surface area contributed by atoms with Crippen molar-refractivity contribution in [1.29, 1.82) is 0 Å². The molecule has 1 N–H and O–H groups in total. The first-order chi connectivity index (χ1) is 12.2. The average molecular weight is 363 g/mol. The number of piperazine rings is 1. The van der Waals surface area contributed by atoms with Gasteiger partial charge in [-0.15, -0.1) is 11.8 Å². The number of carbonyl (C=O) groups is 2. The first-order valence-corrected chi connectivity index (χ1v) is 9.95. The van der Waals surface area contributed by atoms with Gasteiger partial charge in [0.1, 0.15) is 6.10 Å². The van der Waals surface area contributed by atoms with E-state index in [1.165, 1.54) is 4.90 Å². The summed E-state index contributed by atoms with van der Waals surface area (Å²) in [7, 11) is 0. The Kier molecular flexibility index (Phi) is 6.34. The lowest BCUT2D eigenvalue weighted by Crippen LogP contribution is -2.52. The standard InChI is InChI=1S/C18H25N3O3S/c1-25-15-6-4-14(5-7-15)19-17(22)13-20-8-10-21(11-9-20)18(23)16-3-2-12-24-16/h4-7,16H,2-3,8-13H2,1H3,(H,19,22). The summed E-state index contributed by atoms with van der Waals surface area (Å²) in [6.07, 6.45) is 3.57. The second-order valence-corrected chi connectivity index (χ2v) is 7.26. The van der Waals surface area contributed by atoms with E-state index >= 15 is 0 Å². The Labute approximate surface area is 152 Å². The number of ether oxygens (including phenoxy) is 1. The fraction of sp³-hybridized carbons (Fsp3) is 0.556. The third kappa shape index (κ3) is 4.96. The summed E-state index contributed by atoms with van der Waals surface area (Å²) in [5.41, 5.74) is 0.815. The highest BCUT2D eigenvalue weighted by Crippen LogP contribution is 2.18. The number of benzene rings is 1. The molecule has 1 atom stereocenters. The predicted octanol–water partition coefficient (Wildman–Crippen LogP) is 1.67. The molecule has 1 unspecified atom stereocenters. The van der Waals surface area contributed by atoms with E-state index in [0.29, 0.717) is 26.2 Å². The van der Waals surface area contributed by atoms with Crippen molar-refractivity contribution in [1.82, 2.24) is 9.80 Å². The molecular formula is C18H25N3O3S. The number of hydrogen-bond acceptors (Lipinski definition) is 5. The van der Waals surface area contributed by atoms with Crippen molar-refractivity contribution in [3.05, 3.63) is 24.3 Å². The normalized spacial score (nSPS) is 21.3. The molecule has 6 nitrogen and oxygen atoms in total. The molecule has 2 heterocycles. The van der Waals surface area contributed by atoms with Crippen LogP contribution in [-0.2, 0) is 14.3 Å². The lowest BCUT2D eigenvalue weighted by Gasteiger charge is -2.35. The Morgan fingerprint density at radius 1 is 1.20 bits per heavy atom. The van der Waals surface area contributed by atoms with Crippen LogP contribution in [0.25, 0.3) is 0 Å². The van der Waals surface area contributed by atoms with Gasteiger partial charge in [0.25, 0.3) is 5.91 Å². The van der Waals surface area contributed by atoms with Crippen LogP contribution < -0.4 is 5.32 Å². The number of nitrogens with one attached hydrogen (secondary N) is 1. The molecule has 0 aromatic heterocycles. The van der Waals surface area contributed by atoms with Crippen molar-refractivity contribution in [3.8, 4) is 0 Å². The SMILES string of the molecule is CSc1ccc(NC(=O)CN2CCN(C(=O)C3CCCO3)CC2)cc1. The maximum absolute atomic E-state index is 12.3. The number of rotatable bonds is 5. The number of amides is 2. The van der Waals surface area contributed by atoms with E-state index < -0.39 is 0 Å². The highest BCUT2D eigenvalue weighted by atomic mass is 32.2. The van der Waals surface area contributed by atoms with Gasteiger partial charge in [-0.3, -0.25) is 14.5 Å². The van der Waals surface area contributed by atoms with Crippen LogP contribution >= 0.6 is 11.8 Å². The van der Waals surface area contributed by atoms with Gasteiger partial charge in [-0.1, -0.05) is 0 Å². The molecule has 7 heteroatoms. The minimum Gasteiger partial charge on any atom is -0.368 e. The summed E-state index contributed by atoms with van der Waals surface area (Å²) in [5, 5.41) is 2.93. The van der Waals surface area contributed by atoms with Gasteiger partial charge in [0.05, 0.1) is 6.54 Å². The van der Waals surface area contributed by atoms with Gasteiger partial charge in [0, 0.05) is 43.4 Å². The zero-order valence-corrected chi connectivity index (χ0v) is 15.4. The number of nitrogens with zero attached hydrogens (tertiary/aromatic N) is 2. The van der Waals surface area contributed by atoms with E-state index in [1.54, 1.807) is 11.8 Å². The Hall–Kier alpha value is -1.57. The van der Waals surface area contributed by atoms with Crippen LogP contribution in [0.5, 0.6) is 0 Å². The van der Waals surface area contributed by atoms with Gasteiger partial charge in [-0.25, -0.2) is 0 Å². The van der Waals surface area contributed by atoms with Gasteiger partial charge in [0.15, 0.2) is 0 Å². The third-order valence-corrected chi connectivity index (χ3v) is 5.37. The fourth-order valence-corrected chi connectivity index (χ4v) is 3.59. The van der Waals surface area contributed by atoms with Gasteiger partial charge in [-0.05, 0) is 43.4 Å². The second-order valence-electron chi connectivity index (χ2n) is 6.38. The molecule has 2 aliphatic heterocycles. The summed E-state index contributed by atoms with van der Waals surface area (Å²) in [4.78, 5) is 29.7. The van der Waals surface area contributed by atoms with Gasteiger partial charge in [0.2, 0.25) is 5.91 Å². The Balaban J connectivity index is 1.41. The van der Waals surface area contributed by atoms with Gasteiger partial charge >= 0.3 is 0 Å². The Bertz CT molecular complexity index is 594. The molecule has 2 amide bonds. The highest BCUT2D eigenvalue weighted by Gasteiger charge is 2.30. The maximum atomic E-state index is 12.3. The predicted molar refractivity (Wildman–Crippen MR) is 98.8 cm³/mol. The second kappa shape index (κ2) is 8.69. The van der Waals surface area contributed by atoms with Crippen LogP contribution in [0.2, 0.25) is 0 Å². The van der Waals surface area contributed by atoms with Crippen LogP contribution in [-0.4, -0.2) is 73.3 Å². The van der Waals surface area contributed by atoms with Crippen LogP contribution in [0.15, 0.2) is 29.2 Å². The average Bonchev–Trinajstić information content (AvgIpc) is 3.17. The smallest absolute Gasteiger partial charge is 0.251 e. The summed E-state index contributed by atoms with van der Waals surface area (Å²) >= 11 is 1.67. The number of thioether (sulfide) groups is 1. The summed E-state index contributed by atoms with van der Waals surface area (Å²) < 4.78 is 5.47. The van der Waals surface area contributed by atoms with Crippen molar-refractivity contribution in [2.24, 2.45) is 0 Å². The zero-order chi connectivity index (χ0) is 17.6. The molecule has 3 rings (SSSR count). The lowest BCUT2D eigenvalue weighted by molar-refractivity contribution is -0.142. The van der Waals surface area contributed by atoms with Gasteiger partial charge < -0.3 is 15.0 Å². The monoisotopic (exact) mass is 363 g/mol. The first kappa shape index (κ1) is 18.2. The molecule has 0 radical (unpaired) electrons. The van der Waals surface area contributed by atoms with E-state index in [1.807, 2.05) is 35.4 Å². The van der Waals surface area contributed by atoms with Crippen LogP contribution in [0.4, 0.5) is 5.69 Å². The van der Waals surface area contributed by atoms with Crippen LogP contribution in [0.1, 0.15) is 12.8 Å². The van der Waals surface area contributed by atoms with Crippen molar-refractivity contribution in [2.75, 3.05) is 50.9 Å². The molecule has 0 bridgehead atoms. The molecule has 1 aromatic carbocycles. The van der Waals surface area contributed by atoms with E-state index in [2.05, 4.69) is 10.2 Å². The van der Waals surface area contributed by atoms with Crippen LogP contribution in [0.3, 0.4) is 0 Å². The van der Waals surface area contributed by atoms with Crippen molar-refractivity contribution in [3.63, 3.8) is 0 Å². The number of anilines is 1. The van der Waals surface area contributed by atoms with E-state index in [-0.39, 0.29) is 17.9 Å². The molecule has 2 aliphatic rings. The Morgan fingerprint density at radius 2 is 1.92 bits per heavy atom. The molecule has 1 aromatic rings. The first-order valence-electron chi connectivity index (χ1n) is 8.72. The fourth-order valence-electron chi connectivity index (χ4n) is 3.18. The third-order valence-electron chi connectivity index (χ3n) is 4.63. The zero-order valence-electron chi connectivity index (χ0n) is 14.6. The summed E-state index contributed by atoms with van der Waals surface area (Å²) in [5.74, 6) is 0.0892. The maximum Gasteiger partial charge on any atom is 0.251 e. The molecular weight excluding hydrogens is 338 g/mol. The van der Waals surface area contributed by atoms with E-state index in [4.69, 9.17) is 4.74 Å². The van der Waals surface area contributed by atoms with Crippen molar-refractivity contribution >= 4 is 29.3 Å². The van der Waals surface area contributed by atoms with E-state index in [9.17, 15) is 9.59 Å². The molecule has 0 spiro atoms. The topological polar surface area (TPSA) is 61.9 Å². The molecule has 2 saturated heterocycles. The largest absolute Gasteiger partial charge is 0.368 e. The molecule has 2 fully saturated rings. The summed E-state index contributed by atoms with van der Waals surface area (Å²) in [6, 6.07) is 7.83. The van der Waals surface area contributed by atoms with Crippen molar-refractivity contribution in [2.45, 2.75) is 23.8 Å². The van der Waals surface area contributed by atoms with Crippen LogP contribution in [0, 0.1) is 0 Å². The minimum atomic E-state index is -0.251. The molecule has 0 aliphatic carbocycles. The quantitative estimate of drug-likeness (QED) is 0.807. The van der Waals surface area contributed by atoms with E-state index in [0.717, 1.165) is 31.6 Å². The van der Waals surface area contributed by atoms with Gasteiger partial charge in [-0.2, -0.15) is 0 Å². The number of hydrogen-bond donors (Lipinski definition) is 1. The molecule has 136 valence electrons. The Morgan fingerprint density at radius 3 is 2.52 bits per heavy atom. The minimum absolute atomic E-state index is 0.0178. The molecule has 25 heavy (non-hydrogen) atoms. The lowest BCUT2D eigenvalue weighted by atomic mass is 10.2. The van der Waals surface area contributed by atoms with Crippen molar-refractivity contribution < 1.29 is 14.3 Å². The number of carbonyl (C=O) groups excluding carboxylic acids is 2.